The van der Waals surface area contributed by atoms with E-state index in [0.29, 0.717) is 24.8 Å². The molecule has 2 aliphatic carbocycles. The fourth-order valence-corrected chi connectivity index (χ4v) is 6.29. The molecular formula is C23H40FN5O2. The van der Waals surface area contributed by atoms with E-state index >= 15 is 0 Å². The maximum absolute atomic E-state index is 14.4. The van der Waals surface area contributed by atoms with E-state index in [9.17, 15) is 14.0 Å². The smallest absolute Gasteiger partial charge is 0.319 e. The van der Waals surface area contributed by atoms with Crippen LogP contribution in [0.3, 0.4) is 0 Å². The highest BCUT2D eigenvalue weighted by molar-refractivity contribution is 5.82. The molecule has 2 saturated heterocycles. The number of piperazine rings is 1. The average molecular weight is 438 g/mol. The second kappa shape index (κ2) is 9.61. The lowest BCUT2D eigenvalue weighted by Crippen LogP contribution is -2.56. The lowest BCUT2D eigenvalue weighted by molar-refractivity contribution is -0.124. The number of urea groups is 1. The molecule has 4 rings (SSSR count). The van der Waals surface area contributed by atoms with E-state index in [0.717, 1.165) is 58.3 Å². The van der Waals surface area contributed by atoms with E-state index in [1.54, 1.807) is 19.0 Å². The van der Waals surface area contributed by atoms with Gasteiger partial charge in [-0.2, -0.15) is 0 Å². The third-order valence-electron chi connectivity index (χ3n) is 8.13. The Kier molecular flexibility index (Phi) is 7.06. The molecule has 8 heteroatoms. The minimum absolute atomic E-state index is 0.0141. The first kappa shape index (κ1) is 22.8. The fraction of sp³-hybridized carbons (Fsp3) is 0.913. The molecule has 31 heavy (non-hydrogen) atoms. The summed E-state index contributed by atoms with van der Waals surface area (Å²) in [4.78, 5) is 31.2. The Morgan fingerprint density at radius 2 is 1.77 bits per heavy atom. The van der Waals surface area contributed by atoms with Crippen molar-refractivity contribution in [2.45, 2.75) is 82.2 Å². The highest BCUT2D eigenvalue weighted by atomic mass is 19.1. The Morgan fingerprint density at radius 3 is 2.45 bits per heavy atom. The average Bonchev–Trinajstić information content (AvgIpc) is 3.23. The first-order valence-corrected chi connectivity index (χ1v) is 12.2. The standard InChI is InChI=1S/C23H40FN5O2/c1-15-7-8-19(24)18-14-20(26-21(15)18)22(30)25-16-5-4-6-17(13-16)28-9-11-29(12-10-28)23(31)27(2)3/h15-21,26H,4-14H2,1-3H3,(H,25,30). The lowest BCUT2D eigenvalue weighted by atomic mass is 9.77. The van der Waals surface area contributed by atoms with Crippen LogP contribution < -0.4 is 10.6 Å². The van der Waals surface area contributed by atoms with E-state index in [2.05, 4.69) is 22.5 Å². The number of alkyl halides is 1. The van der Waals surface area contributed by atoms with Crippen LogP contribution >= 0.6 is 0 Å². The number of carbonyl (C=O) groups is 2. The van der Waals surface area contributed by atoms with Crippen molar-refractivity contribution in [3.05, 3.63) is 0 Å². The molecule has 7 atom stereocenters. The van der Waals surface area contributed by atoms with Gasteiger partial charge in [-0.1, -0.05) is 6.92 Å². The summed E-state index contributed by atoms with van der Waals surface area (Å²) in [5.74, 6) is 0.479. The molecule has 3 amide bonds. The maximum Gasteiger partial charge on any atom is 0.319 e. The Bertz CT molecular complexity index is 636. The van der Waals surface area contributed by atoms with Gasteiger partial charge in [-0.15, -0.1) is 0 Å². The third-order valence-corrected chi connectivity index (χ3v) is 8.13. The van der Waals surface area contributed by atoms with Crippen molar-refractivity contribution >= 4 is 11.9 Å². The number of hydrogen-bond donors (Lipinski definition) is 2. The second-order valence-electron chi connectivity index (χ2n) is 10.4. The van der Waals surface area contributed by atoms with E-state index in [1.807, 2.05) is 4.90 Å². The topological polar surface area (TPSA) is 67.9 Å². The number of nitrogens with zero attached hydrogens (tertiary/aromatic N) is 3. The van der Waals surface area contributed by atoms with E-state index < -0.39 is 6.17 Å². The first-order chi connectivity index (χ1) is 14.8. The van der Waals surface area contributed by atoms with Crippen molar-refractivity contribution in [3.8, 4) is 0 Å². The molecule has 7 nitrogen and oxygen atoms in total. The van der Waals surface area contributed by atoms with Gasteiger partial charge in [0.25, 0.3) is 0 Å². The number of carbonyl (C=O) groups excluding carboxylic acids is 2. The van der Waals surface area contributed by atoms with Gasteiger partial charge in [0.05, 0.1) is 6.04 Å². The second-order valence-corrected chi connectivity index (χ2v) is 10.4. The third kappa shape index (κ3) is 5.00. The van der Waals surface area contributed by atoms with E-state index in [-0.39, 0.29) is 36.0 Å². The van der Waals surface area contributed by atoms with Crippen LogP contribution in [0.5, 0.6) is 0 Å². The summed E-state index contributed by atoms with van der Waals surface area (Å²) < 4.78 is 14.4. The summed E-state index contributed by atoms with van der Waals surface area (Å²) >= 11 is 0. The van der Waals surface area contributed by atoms with Gasteiger partial charge in [0.2, 0.25) is 5.91 Å². The van der Waals surface area contributed by atoms with Gasteiger partial charge in [-0.3, -0.25) is 9.69 Å². The first-order valence-electron chi connectivity index (χ1n) is 12.2. The highest BCUT2D eigenvalue weighted by Gasteiger charge is 2.46. The zero-order chi connectivity index (χ0) is 22.1. The zero-order valence-electron chi connectivity index (χ0n) is 19.4. The number of amides is 3. The van der Waals surface area contributed by atoms with Gasteiger partial charge < -0.3 is 20.4 Å². The Morgan fingerprint density at radius 1 is 1.03 bits per heavy atom. The van der Waals surface area contributed by atoms with Gasteiger partial charge in [0, 0.05) is 64.3 Å². The van der Waals surface area contributed by atoms with Gasteiger partial charge in [-0.25, -0.2) is 9.18 Å². The van der Waals surface area contributed by atoms with Crippen molar-refractivity contribution in [1.82, 2.24) is 25.3 Å². The SMILES string of the molecule is CC1CCC(F)C2CC(C(=O)NC3CCCC(N4CCN(C(=O)N(C)C)CC4)C3)NC12. The predicted octanol–water partition coefficient (Wildman–Crippen LogP) is 1.83. The van der Waals surface area contributed by atoms with Gasteiger partial charge in [0.15, 0.2) is 0 Å². The molecule has 4 fully saturated rings. The predicted molar refractivity (Wildman–Crippen MR) is 119 cm³/mol. The molecule has 2 aliphatic heterocycles. The quantitative estimate of drug-likeness (QED) is 0.707. The van der Waals surface area contributed by atoms with Crippen LogP contribution in [0.15, 0.2) is 0 Å². The molecule has 0 aromatic carbocycles. The summed E-state index contributed by atoms with van der Waals surface area (Å²) in [6.45, 7) is 5.50. The number of halogens is 1. The monoisotopic (exact) mass is 437 g/mol. The van der Waals surface area contributed by atoms with Crippen molar-refractivity contribution in [3.63, 3.8) is 0 Å². The number of fused-ring (bicyclic) bond motifs is 1. The molecule has 2 saturated carbocycles. The van der Waals surface area contributed by atoms with Crippen LogP contribution in [0.4, 0.5) is 9.18 Å². The number of rotatable bonds is 3. The molecule has 0 bridgehead atoms. The lowest BCUT2D eigenvalue weighted by Gasteiger charge is -2.43. The molecule has 2 heterocycles. The Labute approximate surface area is 186 Å². The molecule has 0 aromatic rings. The minimum atomic E-state index is -0.774. The van der Waals surface area contributed by atoms with Crippen LogP contribution in [0.2, 0.25) is 0 Å². The van der Waals surface area contributed by atoms with Crippen LogP contribution in [-0.4, -0.2) is 97.3 Å². The van der Waals surface area contributed by atoms with Gasteiger partial charge >= 0.3 is 6.03 Å². The van der Waals surface area contributed by atoms with Crippen molar-refractivity contribution in [2.24, 2.45) is 11.8 Å². The molecule has 176 valence electrons. The summed E-state index contributed by atoms with van der Waals surface area (Å²) in [5.41, 5.74) is 0. The molecular weight excluding hydrogens is 397 g/mol. The van der Waals surface area contributed by atoms with Gasteiger partial charge in [0.1, 0.15) is 6.17 Å². The van der Waals surface area contributed by atoms with E-state index in [1.165, 1.54) is 0 Å². The minimum Gasteiger partial charge on any atom is -0.352 e. The largest absolute Gasteiger partial charge is 0.352 e. The summed E-state index contributed by atoms with van der Waals surface area (Å²) in [6.07, 6.45) is 5.64. The molecule has 7 unspecified atom stereocenters. The summed E-state index contributed by atoms with van der Waals surface area (Å²) in [5, 5.41) is 6.75. The molecule has 0 radical (unpaired) electrons. The molecule has 0 aromatic heterocycles. The number of nitrogens with one attached hydrogen (secondary N) is 2. The van der Waals surface area contributed by atoms with Crippen LogP contribution in [0.1, 0.15) is 51.9 Å². The molecule has 4 aliphatic rings. The Hall–Kier alpha value is -1.41. The van der Waals surface area contributed by atoms with Crippen molar-refractivity contribution in [2.75, 3.05) is 40.3 Å². The summed E-state index contributed by atoms with van der Waals surface area (Å²) in [7, 11) is 3.59. The van der Waals surface area contributed by atoms with Crippen molar-refractivity contribution < 1.29 is 14.0 Å². The van der Waals surface area contributed by atoms with Gasteiger partial charge in [-0.05, 0) is 50.9 Å². The van der Waals surface area contributed by atoms with Crippen molar-refractivity contribution in [1.29, 1.82) is 0 Å². The normalized spacial score (nSPS) is 39.1. The van der Waals surface area contributed by atoms with Crippen LogP contribution in [0.25, 0.3) is 0 Å². The molecule has 2 N–H and O–H groups in total. The highest BCUT2D eigenvalue weighted by Crippen LogP contribution is 2.38. The van der Waals surface area contributed by atoms with Crippen LogP contribution in [0, 0.1) is 11.8 Å². The molecule has 0 spiro atoms. The summed E-state index contributed by atoms with van der Waals surface area (Å²) in [6, 6.07) is 0.623. The van der Waals surface area contributed by atoms with Crippen LogP contribution in [-0.2, 0) is 4.79 Å². The Balaban J connectivity index is 1.26. The zero-order valence-corrected chi connectivity index (χ0v) is 19.4. The maximum atomic E-state index is 14.4. The van der Waals surface area contributed by atoms with E-state index in [4.69, 9.17) is 0 Å². The fourth-order valence-electron chi connectivity index (χ4n) is 6.29. The number of hydrogen-bond acceptors (Lipinski definition) is 4.